The molecular weight excluding hydrogens is 483 g/mol. The van der Waals surface area contributed by atoms with Gasteiger partial charge in [-0.1, -0.05) is 96.0 Å². The minimum absolute atomic E-state index is 0.0457. The van der Waals surface area contributed by atoms with Crippen LogP contribution in [0.25, 0.3) is 6.08 Å². The average Bonchev–Trinajstić information content (AvgIpc) is 2.88. The Balaban J connectivity index is 1.60. The van der Waals surface area contributed by atoms with Crippen molar-refractivity contribution < 1.29 is 19.4 Å². The highest BCUT2D eigenvalue weighted by atomic mass is 35.5. The van der Waals surface area contributed by atoms with E-state index in [4.69, 9.17) is 32.7 Å². The highest BCUT2D eigenvalue weighted by Gasteiger charge is 2.19. The fourth-order valence-corrected chi connectivity index (χ4v) is 3.68. The Bertz CT molecular complexity index is 1340. The van der Waals surface area contributed by atoms with Crippen LogP contribution in [0.5, 0.6) is 17.2 Å². The zero-order chi connectivity index (χ0) is 24.6. The molecule has 4 aromatic rings. The molecule has 0 radical (unpaired) electrons. The molecule has 0 fully saturated rings. The number of benzene rings is 4. The lowest BCUT2D eigenvalue weighted by molar-refractivity contribution is 0.104. The molecule has 6 heteroatoms. The molecule has 0 aliphatic heterocycles. The Morgan fingerprint density at radius 2 is 1.40 bits per heavy atom. The number of halogens is 2. The minimum Gasteiger partial charge on any atom is -0.507 e. The van der Waals surface area contributed by atoms with Gasteiger partial charge >= 0.3 is 0 Å². The predicted molar refractivity (Wildman–Crippen MR) is 139 cm³/mol. The summed E-state index contributed by atoms with van der Waals surface area (Å²) in [5.74, 6) is -0.0474. The van der Waals surface area contributed by atoms with Gasteiger partial charge in [0.15, 0.2) is 5.78 Å². The summed E-state index contributed by atoms with van der Waals surface area (Å²) in [5.41, 5.74) is 2.64. The van der Waals surface area contributed by atoms with Crippen molar-refractivity contribution in [2.75, 3.05) is 0 Å². The van der Waals surface area contributed by atoms with Crippen molar-refractivity contribution in [3.8, 4) is 17.2 Å². The fourth-order valence-electron chi connectivity index (χ4n) is 3.37. The van der Waals surface area contributed by atoms with Crippen LogP contribution in [0, 0.1) is 0 Å². The maximum atomic E-state index is 13.1. The van der Waals surface area contributed by atoms with Crippen LogP contribution in [0.1, 0.15) is 27.0 Å². The Labute approximate surface area is 214 Å². The first-order chi connectivity index (χ1) is 17.0. The third-order valence-electron chi connectivity index (χ3n) is 5.16. The molecule has 4 rings (SSSR count). The number of allylic oxidation sites excluding steroid dienone is 1. The summed E-state index contributed by atoms with van der Waals surface area (Å²) in [6, 6.07) is 27.3. The zero-order valence-corrected chi connectivity index (χ0v) is 20.2. The molecule has 1 N–H and O–H groups in total. The van der Waals surface area contributed by atoms with Gasteiger partial charge in [-0.25, -0.2) is 0 Å². The van der Waals surface area contributed by atoms with Crippen LogP contribution in [0.2, 0.25) is 10.0 Å². The number of hydrogen-bond donors (Lipinski definition) is 1. The molecule has 0 atom stereocenters. The number of carbonyl (C=O) groups is 1. The van der Waals surface area contributed by atoms with Crippen molar-refractivity contribution in [1.82, 2.24) is 0 Å². The lowest BCUT2D eigenvalue weighted by atomic mass is 10.1. The summed E-state index contributed by atoms with van der Waals surface area (Å²) in [5, 5.41) is 11.6. The molecule has 0 saturated carbocycles. The number of hydrogen-bond acceptors (Lipinski definition) is 4. The molecule has 4 nitrogen and oxygen atoms in total. The molecular formula is C29H22Cl2O4. The molecule has 0 amide bonds. The van der Waals surface area contributed by atoms with E-state index in [-0.39, 0.29) is 23.7 Å². The van der Waals surface area contributed by atoms with E-state index >= 15 is 0 Å². The van der Waals surface area contributed by atoms with Gasteiger partial charge in [-0.15, -0.1) is 0 Å². The van der Waals surface area contributed by atoms with Crippen LogP contribution < -0.4 is 9.47 Å². The summed E-state index contributed by atoms with van der Waals surface area (Å²) >= 11 is 12.0. The second-order valence-corrected chi connectivity index (χ2v) is 8.55. The van der Waals surface area contributed by atoms with E-state index in [2.05, 4.69) is 0 Å². The SMILES string of the molecule is O=C(C=Cc1ccc(Cl)c(Cl)c1)c1c(O)cc(OCc2ccccc2)cc1OCc1ccccc1. The fraction of sp³-hybridized carbons (Fsp3) is 0.0690. The van der Waals surface area contributed by atoms with Crippen LogP contribution in [0.15, 0.2) is 97.1 Å². The van der Waals surface area contributed by atoms with Crippen molar-refractivity contribution in [1.29, 1.82) is 0 Å². The molecule has 0 aliphatic rings. The topological polar surface area (TPSA) is 55.8 Å². The molecule has 0 aliphatic carbocycles. The number of ether oxygens (including phenoxy) is 2. The van der Waals surface area contributed by atoms with Gasteiger partial charge in [0.1, 0.15) is 36.0 Å². The van der Waals surface area contributed by atoms with Gasteiger partial charge in [0.05, 0.1) is 10.0 Å². The maximum Gasteiger partial charge on any atom is 0.193 e. The minimum atomic E-state index is -0.425. The molecule has 0 saturated heterocycles. The molecule has 176 valence electrons. The van der Waals surface area contributed by atoms with E-state index in [1.54, 1.807) is 30.3 Å². The smallest absolute Gasteiger partial charge is 0.193 e. The van der Waals surface area contributed by atoms with Crippen LogP contribution in [-0.2, 0) is 13.2 Å². The predicted octanol–water partition coefficient (Wildman–Crippen LogP) is 7.75. The molecule has 0 spiro atoms. The van der Waals surface area contributed by atoms with Gasteiger partial charge < -0.3 is 14.6 Å². The lowest BCUT2D eigenvalue weighted by Crippen LogP contribution is -2.04. The number of ketones is 1. The number of aromatic hydroxyl groups is 1. The number of phenols is 1. The Morgan fingerprint density at radius 3 is 2.03 bits per heavy atom. The van der Waals surface area contributed by atoms with Gasteiger partial charge in [0.25, 0.3) is 0 Å². The Morgan fingerprint density at radius 1 is 0.771 bits per heavy atom. The number of carbonyl (C=O) groups excluding carboxylic acids is 1. The van der Waals surface area contributed by atoms with Crippen molar-refractivity contribution in [2.24, 2.45) is 0 Å². The first kappa shape index (κ1) is 24.4. The highest BCUT2D eigenvalue weighted by molar-refractivity contribution is 6.42. The van der Waals surface area contributed by atoms with Gasteiger partial charge in [-0.05, 0) is 34.9 Å². The first-order valence-electron chi connectivity index (χ1n) is 10.9. The second kappa shape index (κ2) is 11.6. The van der Waals surface area contributed by atoms with E-state index in [0.717, 1.165) is 11.1 Å². The monoisotopic (exact) mass is 504 g/mol. The van der Waals surface area contributed by atoms with Gasteiger partial charge in [0, 0.05) is 12.1 Å². The third kappa shape index (κ3) is 6.66. The summed E-state index contributed by atoms with van der Waals surface area (Å²) < 4.78 is 11.8. The standard InChI is InChI=1S/C29H22Cl2O4/c30-24-13-11-20(15-25(24)31)12-14-26(32)29-27(33)16-23(34-18-21-7-3-1-4-8-21)17-28(29)35-19-22-9-5-2-6-10-22/h1-17,33H,18-19H2. The molecule has 0 heterocycles. The van der Waals surface area contributed by atoms with Crippen LogP contribution in [0.4, 0.5) is 0 Å². The van der Waals surface area contributed by atoms with Crippen LogP contribution in [0.3, 0.4) is 0 Å². The number of phenolic OH excluding ortho intramolecular Hbond substituents is 1. The summed E-state index contributed by atoms with van der Waals surface area (Å²) in [6.07, 6.45) is 2.96. The lowest BCUT2D eigenvalue weighted by Gasteiger charge is -2.14. The maximum absolute atomic E-state index is 13.1. The van der Waals surface area contributed by atoms with E-state index in [1.165, 1.54) is 12.1 Å². The quantitative estimate of drug-likeness (QED) is 0.187. The summed E-state index contributed by atoms with van der Waals surface area (Å²) in [6.45, 7) is 0.530. The van der Waals surface area contributed by atoms with E-state index < -0.39 is 5.78 Å². The van der Waals surface area contributed by atoms with Crippen LogP contribution >= 0.6 is 23.2 Å². The van der Waals surface area contributed by atoms with E-state index in [9.17, 15) is 9.90 Å². The Kier molecular flexibility index (Phi) is 8.09. The highest BCUT2D eigenvalue weighted by Crippen LogP contribution is 2.35. The molecule has 0 aromatic heterocycles. The Hall–Kier alpha value is -3.73. The third-order valence-corrected chi connectivity index (χ3v) is 5.90. The molecule has 0 bridgehead atoms. The molecule has 0 unspecified atom stereocenters. The summed E-state index contributed by atoms with van der Waals surface area (Å²) in [7, 11) is 0. The van der Waals surface area contributed by atoms with Gasteiger partial charge in [-0.3, -0.25) is 4.79 Å². The average molecular weight is 505 g/mol. The zero-order valence-electron chi connectivity index (χ0n) is 18.7. The van der Waals surface area contributed by atoms with E-state index in [0.29, 0.717) is 28.0 Å². The van der Waals surface area contributed by atoms with Crippen LogP contribution in [-0.4, -0.2) is 10.9 Å². The molecule has 35 heavy (non-hydrogen) atoms. The second-order valence-electron chi connectivity index (χ2n) is 7.74. The van der Waals surface area contributed by atoms with Gasteiger partial charge in [0.2, 0.25) is 0 Å². The van der Waals surface area contributed by atoms with Gasteiger partial charge in [-0.2, -0.15) is 0 Å². The van der Waals surface area contributed by atoms with E-state index in [1.807, 2.05) is 60.7 Å². The van der Waals surface area contributed by atoms with Crippen molar-refractivity contribution >= 4 is 35.1 Å². The summed E-state index contributed by atoms with van der Waals surface area (Å²) in [4.78, 5) is 13.1. The molecule has 4 aromatic carbocycles. The largest absolute Gasteiger partial charge is 0.507 e. The van der Waals surface area contributed by atoms with Crippen molar-refractivity contribution in [2.45, 2.75) is 13.2 Å². The van der Waals surface area contributed by atoms with Crippen molar-refractivity contribution in [3.63, 3.8) is 0 Å². The normalized spacial score (nSPS) is 10.9. The number of rotatable bonds is 9. The first-order valence-corrected chi connectivity index (χ1v) is 11.6. The van der Waals surface area contributed by atoms with Crippen molar-refractivity contribution in [3.05, 3.63) is 129 Å².